The molecule has 20 heavy (non-hydrogen) atoms. The zero-order chi connectivity index (χ0) is 14.3. The fraction of sp³-hybridized carbons (Fsp3) is 0.533. The van der Waals surface area contributed by atoms with E-state index >= 15 is 0 Å². The van der Waals surface area contributed by atoms with Crippen LogP contribution in [0.4, 0.5) is 11.4 Å². The van der Waals surface area contributed by atoms with E-state index in [1.165, 1.54) is 19.3 Å². The molecule has 1 atom stereocenters. The van der Waals surface area contributed by atoms with Crippen molar-refractivity contribution in [2.75, 3.05) is 23.3 Å². The number of nitrogens with one attached hydrogen (secondary N) is 1. The largest absolute Gasteiger partial charge is 0.371 e. The topological polar surface area (TPSA) is 58.4 Å². The van der Waals surface area contributed by atoms with Gasteiger partial charge < -0.3 is 16.0 Å². The molecule has 2 aliphatic rings. The Kier molecular flexibility index (Phi) is 3.73. The number of hydrogen-bond donors (Lipinski definition) is 2. The Morgan fingerprint density at radius 2 is 2.10 bits per heavy atom. The molecule has 3 N–H and O–H groups in total. The van der Waals surface area contributed by atoms with Crippen LogP contribution in [0.25, 0.3) is 0 Å². The number of benzene rings is 1. The Hall–Kier alpha value is -1.07. The van der Waals surface area contributed by atoms with Crippen molar-refractivity contribution in [1.29, 1.82) is 0 Å². The molecule has 1 saturated heterocycles. The number of halogens is 1. The first kappa shape index (κ1) is 13.9. The highest BCUT2D eigenvalue weighted by atomic mass is 79.9. The van der Waals surface area contributed by atoms with Crippen molar-refractivity contribution < 1.29 is 4.79 Å². The van der Waals surface area contributed by atoms with Crippen molar-refractivity contribution in [3.05, 3.63) is 22.2 Å². The van der Waals surface area contributed by atoms with Gasteiger partial charge in [0.25, 0.3) is 0 Å². The minimum Gasteiger partial charge on any atom is -0.371 e. The molecule has 1 unspecified atom stereocenters. The number of hydrogen-bond acceptors (Lipinski definition) is 3. The van der Waals surface area contributed by atoms with Crippen LogP contribution in [-0.2, 0) is 4.79 Å². The molecule has 0 aliphatic carbocycles. The van der Waals surface area contributed by atoms with Crippen molar-refractivity contribution >= 4 is 33.2 Å². The second-order valence-electron chi connectivity index (χ2n) is 5.70. The van der Waals surface area contributed by atoms with Crippen LogP contribution in [0.5, 0.6) is 0 Å². The number of carbonyl (C=O) groups is 1. The summed E-state index contributed by atoms with van der Waals surface area (Å²) in [6, 6.07) is 3.50. The summed E-state index contributed by atoms with van der Waals surface area (Å²) in [5.41, 5.74) is 8.78. The van der Waals surface area contributed by atoms with Gasteiger partial charge in [-0.15, -0.1) is 0 Å². The van der Waals surface area contributed by atoms with E-state index in [0.717, 1.165) is 40.4 Å². The molecule has 3 rings (SSSR count). The molecule has 0 spiro atoms. The standard InChI is InChI=1S/C15H20BrN3O/c1-2-9-3-5-19(6-4-9)13-8-12-10(7-11(13)16)14(17)15(20)18-12/h7-9,14H,2-6,17H2,1H3,(H,18,20). The first-order valence-electron chi connectivity index (χ1n) is 7.25. The van der Waals surface area contributed by atoms with Gasteiger partial charge in [0.05, 0.1) is 5.69 Å². The number of amides is 1. The highest BCUT2D eigenvalue weighted by Gasteiger charge is 2.29. The molecular weight excluding hydrogens is 318 g/mol. The van der Waals surface area contributed by atoms with E-state index < -0.39 is 6.04 Å². The first-order valence-corrected chi connectivity index (χ1v) is 8.04. The zero-order valence-corrected chi connectivity index (χ0v) is 13.2. The molecule has 0 radical (unpaired) electrons. The van der Waals surface area contributed by atoms with Gasteiger partial charge in [-0.25, -0.2) is 0 Å². The molecule has 108 valence electrons. The van der Waals surface area contributed by atoms with Crippen LogP contribution in [0.3, 0.4) is 0 Å². The van der Waals surface area contributed by atoms with Gasteiger partial charge >= 0.3 is 0 Å². The highest BCUT2D eigenvalue weighted by molar-refractivity contribution is 9.10. The quantitative estimate of drug-likeness (QED) is 0.871. The fourth-order valence-electron chi connectivity index (χ4n) is 3.12. The van der Waals surface area contributed by atoms with Gasteiger partial charge in [-0.1, -0.05) is 13.3 Å². The molecule has 0 aromatic heterocycles. The summed E-state index contributed by atoms with van der Waals surface area (Å²) in [5.74, 6) is 0.737. The van der Waals surface area contributed by atoms with Crippen LogP contribution in [-0.4, -0.2) is 19.0 Å². The Labute approximate surface area is 127 Å². The third-order valence-electron chi connectivity index (χ3n) is 4.53. The van der Waals surface area contributed by atoms with Gasteiger partial charge in [0.2, 0.25) is 5.91 Å². The smallest absolute Gasteiger partial charge is 0.245 e. The summed E-state index contributed by atoms with van der Waals surface area (Å²) in [6.45, 7) is 4.42. The van der Waals surface area contributed by atoms with Gasteiger partial charge in [-0.2, -0.15) is 0 Å². The summed E-state index contributed by atoms with van der Waals surface area (Å²) >= 11 is 3.63. The molecule has 4 nitrogen and oxygen atoms in total. The Morgan fingerprint density at radius 1 is 1.40 bits per heavy atom. The molecule has 1 aromatic carbocycles. The molecule has 2 aliphatic heterocycles. The van der Waals surface area contributed by atoms with Crippen molar-refractivity contribution in [2.45, 2.75) is 32.2 Å². The van der Waals surface area contributed by atoms with Gasteiger partial charge in [-0.05, 0) is 46.8 Å². The Bertz CT molecular complexity index is 538. The molecule has 0 saturated carbocycles. The van der Waals surface area contributed by atoms with E-state index in [2.05, 4.69) is 39.1 Å². The predicted octanol–water partition coefficient (Wildman–Crippen LogP) is 3.03. The van der Waals surface area contributed by atoms with Crippen LogP contribution in [0.15, 0.2) is 16.6 Å². The second-order valence-corrected chi connectivity index (χ2v) is 6.55. The average molecular weight is 338 g/mol. The normalized spacial score (nSPS) is 22.9. The SMILES string of the molecule is CCC1CCN(c2cc3c(cc2Br)C(N)C(=O)N3)CC1. The van der Waals surface area contributed by atoms with Gasteiger partial charge in [0, 0.05) is 28.8 Å². The minimum absolute atomic E-state index is 0.117. The molecule has 5 heteroatoms. The number of nitrogens with two attached hydrogens (primary N) is 1. The second kappa shape index (κ2) is 5.37. The first-order chi connectivity index (χ1) is 9.60. The number of anilines is 2. The number of carbonyl (C=O) groups excluding carboxylic acids is 1. The Morgan fingerprint density at radius 3 is 2.75 bits per heavy atom. The zero-order valence-electron chi connectivity index (χ0n) is 11.7. The monoisotopic (exact) mass is 337 g/mol. The molecule has 1 aromatic rings. The fourth-order valence-corrected chi connectivity index (χ4v) is 3.73. The van der Waals surface area contributed by atoms with Crippen molar-refractivity contribution in [3.8, 4) is 0 Å². The number of fused-ring (bicyclic) bond motifs is 1. The molecule has 0 bridgehead atoms. The van der Waals surface area contributed by atoms with Gasteiger partial charge in [-0.3, -0.25) is 4.79 Å². The van der Waals surface area contributed by atoms with Crippen molar-refractivity contribution in [3.63, 3.8) is 0 Å². The Balaban J connectivity index is 1.85. The third-order valence-corrected chi connectivity index (χ3v) is 5.16. The maximum atomic E-state index is 11.6. The number of nitrogens with zero attached hydrogens (tertiary/aromatic N) is 1. The predicted molar refractivity (Wildman–Crippen MR) is 84.9 cm³/mol. The lowest BCUT2D eigenvalue weighted by Gasteiger charge is -2.34. The van der Waals surface area contributed by atoms with Crippen LogP contribution in [0.1, 0.15) is 37.8 Å². The third kappa shape index (κ3) is 2.33. The van der Waals surface area contributed by atoms with E-state index in [1.807, 2.05) is 6.07 Å². The summed E-state index contributed by atoms with van der Waals surface area (Å²) in [5, 5.41) is 2.86. The molecule has 2 heterocycles. The number of rotatable bonds is 2. The van der Waals surface area contributed by atoms with Gasteiger partial charge in [0.15, 0.2) is 0 Å². The van der Waals surface area contributed by atoms with E-state index in [4.69, 9.17) is 5.73 Å². The lowest BCUT2D eigenvalue weighted by atomic mass is 9.94. The maximum absolute atomic E-state index is 11.6. The molecular formula is C15H20BrN3O. The minimum atomic E-state index is -0.541. The lowest BCUT2D eigenvalue weighted by Crippen LogP contribution is -2.33. The van der Waals surface area contributed by atoms with Crippen molar-refractivity contribution in [2.24, 2.45) is 11.7 Å². The molecule has 1 amide bonds. The summed E-state index contributed by atoms with van der Waals surface area (Å²) in [4.78, 5) is 14.0. The van der Waals surface area contributed by atoms with Crippen molar-refractivity contribution in [1.82, 2.24) is 0 Å². The number of piperidine rings is 1. The lowest BCUT2D eigenvalue weighted by molar-refractivity contribution is -0.116. The maximum Gasteiger partial charge on any atom is 0.245 e. The van der Waals surface area contributed by atoms with E-state index in [0.29, 0.717) is 0 Å². The van der Waals surface area contributed by atoms with Crippen LogP contribution in [0.2, 0.25) is 0 Å². The van der Waals surface area contributed by atoms with Crippen LogP contribution < -0.4 is 16.0 Å². The van der Waals surface area contributed by atoms with Crippen LogP contribution >= 0.6 is 15.9 Å². The van der Waals surface area contributed by atoms with E-state index in [-0.39, 0.29) is 5.91 Å². The highest BCUT2D eigenvalue weighted by Crippen LogP contribution is 2.39. The average Bonchev–Trinajstić information content (AvgIpc) is 2.74. The van der Waals surface area contributed by atoms with E-state index in [1.54, 1.807) is 0 Å². The summed E-state index contributed by atoms with van der Waals surface area (Å²) in [6.07, 6.45) is 3.75. The summed E-state index contributed by atoms with van der Waals surface area (Å²) in [7, 11) is 0. The van der Waals surface area contributed by atoms with Gasteiger partial charge in [0.1, 0.15) is 6.04 Å². The van der Waals surface area contributed by atoms with E-state index in [9.17, 15) is 4.79 Å². The molecule has 1 fully saturated rings. The summed E-state index contributed by atoms with van der Waals surface area (Å²) < 4.78 is 1.03. The van der Waals surface area contributed by atoms with Crippen LogP contribution in [0, 0.1) is 5.92 Å².